The summed E-state index contributed by atoms with van der Waals surface area (Å²) < 4.78 is 36.8. The molecule has 1 amide bonds. The van der Waals surface area contributed by atoms with Crippen LogP contribution in [0.1, 0.15) is 21.7 Å². The van der Waals surface area contributed by atoms with Gasteiger partial charge in [-0.05, 0) is 50.2 Å². The lowest BCUT2D eigenvalue weighted by atomic mass is 10.2. The Labute approximate surface area is 175 Å². The minimum Gasteiger partial charge on any atom is -0.486 e. The van der Waals surface area contributed by atoms with Gasteiger partial charge in [-0.25, -0.2) is 8.42 Å². The summed E-state index contributed by atoms with van der Waals surface area (Å²) in [5.41, 5.74) is 3.45. The molecule has 7 nitrogen and oxygen atoms in total. The first-order chi connectivity index (χ1) is 14.2. The van der Waals surface area contributed by atoms with Gasteiger partial charge in [-0.3, -0.25) is 4.79 Å². The number of carbonyl (C=O) groups excluding carboxylic acids is 1. The summed E-state index contributed by atoms with van der Waals surface area (Å²) in [6.07, 6.45) is 1.13. The number of aromatic nitrogens is 1. The molecule has 30 heavy (non-hydrogen) atoms. The third-order valence-electron chi connectivity index (χ3n) is 4.98. The Kier molecular flexibility index (Phi) is 5.03. The molecule has 156 valence electrons. The highest BCUT2D eigenvalue weighted by atomic mass is 32.2. The van der Waals surface area contributed by atoms with Crippen molar-refractivity contribution in [2.75, 3.05) is 24.8 Å². The summed E-state index contributed by atoms with van der Waals surface area (Å²) in [5, 5.41) is 2.79. The van der Waals surface area contributed by atoms with Crippen molar-refractivity contribution in [1.29, 1.82) is 0 Å². The van der Waals surface area contributed by atoms with E-state index < -0.39 is 9.84 Å². The molecule has 1 aliphatic heterocycles. The summed E-state index contributed by atoms with van der Waals surface area (Å²) in [6, 6.07) is 13.7. The summed E-state index contributed by atoms with van der Waals surface area (Å²) in [7, 11) is -3.36. The van der Waals surface area contributed by atoms with E-state index in [1.807, 2.05) is 42.7 Å². The molecule has 4 rings (SSSR count). The van der Waals surface area contributed by atoms with E-state index in [-0.39, 0.29) is 10.8 Å². The van der Waals surface area contributed by atoms with Crippen LogP contribution in [0.4, 0.5) is 5.69 Å². The lowest BCUT2D eigenvalue weighted by molar-refractivity contribution is 0.102. The van der Waals surface area contributed by atoms with Gasteiger partial charge in [-0.1, -0.05) is 6.07 Å². The molecule has 0 atom stereocenters. The van der Waals surface area contributed by atoms with Crippen molar-refractivity contribution in [2.24, 2.45) is 0 Å². The first-order valence-electron chi connectivity index (χ1n) is 9.44. The number of carbonyl (C=O) groups is 1. The Morgan fingerprint density at radius 2 is 1.73 bits per heavy atom. The highest BCUT2D eigenvalue weighted by Crippen LogP contribution is 2.33. The van der Waals surface area contributed by atoms with Crippen LogP contribution in [-0.2, 0) is 9.84 Å². The van der Waals surface area contributed by atoms with Gasteiger partial charge >= 0.3 is 0 Å². The Hall–Kier alpha value is -3.26. The van der Waals surface area contributed by atoms with E-state index in [1.165, 1.54) is 12.1 Å². The minimum atomic E-state index is -3.36. The molecule has 0 aliphatic carbocycles. The molecule has 8 heteroatoms. The number of nitrogens with zero attached hydrogens (tertiary/aromatic N) is 1. The van der Waals surface area contributed by atoms with E-state index in [4.69, 9.17) is 9.47 Å². The van der Waals surface area contributed by atoms with Crippen molar-refractivity contribution in [1.82, 2.24) is 4.57 Å². The molecule has 2 heterocycles. The highest BCUT2D eigenvalue weighted by Gasteiger charge is 2.19. The largest absolute Gasteiger partial charge is 0.486 e. The number of sulfone groups is 1. The predicted octanol–water partition coefficient (Wildman–Crippen LogP) is 3.52. The number of aryl methyl sites for hydroxylation is 1. The van der Waals surface area contributed by atoms with Gasteiger partial charge in [0.2, 0.25) is 0 Å². The van der Waals surface area contributed by atoms with Crippen LogP contribution in [0.3, 0.4) is 0 Å². The third kappa shape index (κ3) is 3.78. The SMILES string of the molecule is Cc1cc(C(=O)Nc2cccc(S(C)(=O)=O)c2)c(C)n1-c1ccc2c(c1)OCCO2. The molecule has 0 saturated heterocycles. The van der Waals surface area contributed by atoms with E-state index in [0.29, 0.717) is 36.0 Å². The molecule has 1 aromatic heterocycles. The quantitative estimate of drug-likeness (QED) is 0.690. The van der Waals surface area contributed by atoms with Gasteiger partial charge in [-0.15, -0.1) is 0 Å². The van der Waals surface area contributed by atoms with E-state index in [1.54, 1.807) is 12.1 Å². The summed E-state index contributed by atoms with van der Waals surface area (Å²) in [6.45, 7) is 4.82. The number of hydrogen-bond donors (Lipinski definition) is 1. The molecule has 1 aliphatic rings. The van der Waals surface area contributed by atoms with Crippen LogP contribution in [0.25, 0.3) is 5.69 Å². The van der Waals surface area contributed by atoms with Gasteiger partial charge in [-0.2, -0.15) is 0 Å². The Morgan fingerprint density at radius 1 is 1.00 bits per heavy atom. The molecule has 0 saturated carbocycles. The van der Waals surface area contributed by atoms with Crippen LogP contribution in [0.5, 0.6) is 11.5 Å². The summed E-state index contributed by atoms with van der Waals surface area (Å²) in [4.78, 5) is 13.1. The fraction of sp³-hybridized carbons (Fsp3) is 0.227. The number of fused-ring (bicyclic) bond motifs is 1. The van der Waals surface area contributed by atoms with Crippen molar-refractivity contribution in [3.8, 4) is 17.2 Å². The summed E-state index contributed by atoms with van der Waals surface area (Å²) >= 11 is 0. The fourth-order valence-electron chi connectivity index (χ4n) is 3.56. The van der Waals surface area contributed by atoms with E-state index >= 15 is 0 Å². The number of hydrogen-bond acceptors (Lipinski definition) is 5. The van der Waals surface area contributed by atoms with Crippen molar-refractivity contribution in [3.63, 3.8) is 0 Å². The second-order valence-electron chi connectivity index (χ2n) is 7.20. The smallest absolute Gasteiger partial charge is 0.257 e. The fourth-order valence-corrected chi connectivity index (χ4v) is 4.23. The standard InChI is InChI=1S/C22H22N2O5S/c1-14-11-19(22(25)23-16-5-4-6-18(12-16)30(3,26)27)15(2)24(14)17-7-8-20-21(13-17)29-10-9-28-20/h4-8,11-13H,9-10H2,1-3H3,(H,23,25). The van der Waals surface area contributed by atoms with Gasteiger partial charge in [0.1, 0.15) is 13.2 Å². The minimum absolute atomic E-state index is 0.155. The highest BCUT2D eigenvalue weighted by molar-refractivity contribution is 7.90. The zero-order valence-corrected chi connectivity index (χ0v) is 17.7. The maximum absolute atomic E-state index is 12.9. The molecule has 0 fully saturated rings. The first kappa shape index (κ1) is 20.0. The molecule has 1 N–H and O–H groups in total. The second kappa shape index (κ2) is 7.53. The molecule has 0 spiro atoms. The Morgan fingerprint density at radius 3 is 2.47 bits per heavy atom. The van der Waals surface area contributed by atoms with Crippen LogP contribution < -0.4 is 14.8 Å². The number of benzene rings is 2. The van der Waals surface area contributed by atoms with Crippen molar-refractivity contribution in [3.05, 3.63) is 65.5 Å². The maximum atomic E-state index is 12.9. The van der Waals surface area contributed by atoms with E-state index in [2.05, 4.69) is 5.32 Å². The van der Waals surface area contributed by atoms with E-state index in [9.17, 15) is 13.2 Å². The van der Waals surface area contributed by atoms with Gasteiger partial charge in [0.05, 0.1) is 10.5 Å². The maximum Gasteiger partial charge on any atom is 0.257 e. The lowest BCUT2D eigenvalue weighted by Gasteiger charge is -2.20. The van der Waals surface area contributed by atoms with Crippen LogP contribution in [0.2, 0.25) is 0 Å². The van der Waals surface area contributed by atoms with E-state index in [0.717, 1.165) is 23.3 Å². The molecular weight excluding hydrogens is 404 g/mol. The molecular formula is C22H22N2O5S. The normalized spacial score (nSPS) is 13.2. The first-order valence-corrected chi connectivity index (χ1v) is 11.3. The monoisotopic (exact) mass is 426 g/mol. The average Bonchev–Trinajstić information content (AvgIpc) is 3.01. The molecule has 0 bridgehead atoms. The topological polar surface area (TPSA) is 86.6 Å². The number of amides is 1. The number of anilines is 1. The lowest BCUT2D eigenvalue weighted by Crippen LogP contribution is -2.16. The number of nitrogens with one attached hydrogen (secondary N) is 1. The van der Waals surface area contributed by atoms with Gasteiger partial charge in [0.25, 0.3) is 5.91 Å². The van der Waals surface area contributed by atoms with Gasteiger partial charge < -0.3 is 19.4 Å². The number of ether oxygens (including phenoxy) is 2. The predicted molar refractivity (Wildman–Crippen MR) is 114 cm³/mol. The molecule has 3 aromatic rings. The van der Waals surface area contributed by atoms with Crippen molar-refractivity contribution < 1.29 is 22.7 Å². The van der Waals surface area contributed by atoms with Crippen LogP contribution in [0, 0.1) is 13.8 Å². The zero-order chi connectivity index (χ0) is 21.5. The average molecular weight is 426 g/mol. The Bertz CT molecular complexity index is 1240. The molecule has 0 radical (unpaired) electrons. The van der Waals surface area contributed by atoms with Crippen LogP contribution in [-0.4, -0.2) is 38.4 Å². The molecule has 2 aromatic carbocycles. The summed E-state index contributed by atoms with van der Waals surface area (Å²) in [5.74, 6) is 1.07. The van der Waals surface area contributed by atoms with Crippen LogP contribution >= 0.6 is 0 Å². The van der Waals surface area contributed by atoms with Gasteiger partial charge in [0, 0.05) is 35.1 Å². The third-order valence-corrected chi connectivity index (χ3v) is 6.09. The van der Waals surface area contributed by atoms with Crippen molar-refractivity contribution in [2.45, 2.75) is 18.7 Å². The number of rotatable bonds is 4. The molecule has 0 unspecified atom stereocenters. The van der Waals surface area contributed by atoms with Crippen LogP contribution in [0.15, 0.2) is 53.4 Å². The second-order valence-corrected chi connectivity index (χ2v) is 9.22. The van der Waals surface area contributed by atoms with Gasteiger partial charge in [0.15, 0.2) is 21.3 Å². The Balaban J connectivity index is 1.65. The zero-order valence-electron chi connectivity index (χ0n) is 16.9. The van der Waals surface area contributed by atoms with Crippen molar-refractivity contribution >= 4 is 21.4 Å².